The van der Waals surface area contributed by atoms with E-state index >= 15 is 0 Å². The third-order valence-corrected chi connectivity index (χ3v) is 4.37. The lowest BCUT2D eigenvalue weighted by molar-refractivity contribution is -0.131. The van der Waals surface area contributed by atoms with Gasteiger partial charge in [0.25, 0.3) is 11.8 Å². The maximum absolute atomic E-state index is 13.4. The summed E-state index contributed by atoms with van der Waals surface area (Å²) < 4.78 is 26.8. The van der Waals surface area contributed by atoms with Gasteiger partial charge in [-0.15, -0.1) is 0 Å². The summed E-state index contributed by atoms with van der Waals surface area (Å²) in [5.41, 5.74) is 0.734. The number of hydrogen-bond donors (Lipinski definition) is 1. The fourth-order valence-corrected chi connectivity index (χ4v) is 3.01. The Balaban J connectivity index is 2.03. The minimum Gasteiger partial charge on any atom is -0.343 e. The fourth-order valence-electron chi connectivity index (χ4n) is 2.74. The minimum absolute atomic E-state index is 0.161. The van der Waals surface area contributed by atoms with Gasteiger partial charge in [0.15, 0.2) is 0 Å². The van der Waals surface area contributed by atoms with Gasteiger partial charge in [-0.3, -0.25) is 14.6 Å². The van der Waals surface area contributed by atoms with Crippen molar-refractivity contribution in [1.29, 1.82) is 5.26 Å². The van der Waals surface area contributed by atoms with E-state index < -0.39 is 43.3 Å². The second-order valence-electron chi connectivity index (χ2n) is 6.63. The molecule has 1 fully saturated rings. The van der Waals surface area contributed by atoms with E-state index in [-0.39, 0.29) is 10.6 Å². The average molecular weight is 385 g/mol. The number of pyridine rings is 1. The minimum atomic E-state index is -3.10. The third kappa shape index (κ3) is 4.67. The highest BCUT2D eigenvalue weighted by molar-refractivity contribution is 6.34. The van der Waals surface area contributed by atoms with Crippen LogP contribution in [0.3, 0.4) is 0 Å². The Hall–Kier alpha value is -2.27. The van der Waals surface area contributed by atoms with Crippen molar-refractivity contribution in [3.05, 3.63) is 28.5 Å². The van der Waals surface area contributed by atoms with Gasteiger partial charge >= 0.3 is 0 Å². The molecule has 1 aliphatic rings. The summed E-state index contributed by atoms with van der Waals surface area (Å²) in [6.07, 6.45) is 1.34. The first-order valence-electron chi connectivity index (χ1n) is 8.13. The van der Waals surface area contributed by atoms with Gasteiger partial charge in [0.1, 0.15) is 6.04 Å². The van der Waals surface area contributed by atoms with Crippen molar-refractivity contribution in [2.75, 3.05) is 13.1 Å². The Morgan fingerprint density at radius 3 is 2.85 bits per heavy atom. The molecule has 0 aromatic carbocycles. The molecule has 0 unspecified atom stereocenters. The molecular weight excluding hydrogens is 366 g/mol. The van der Waals surface area contributed by atoms with Crippen LogP contribution in [0.4, 0.5) is 8.78 Å². The van der Waals surface area contributed by atoms with Crippen molar-refractivity contribution in [1.82, 2.24) is 15.2 Å². The zero-order chi connectivity index (χ0) is 19.5. The maximum atomic E-state index is 13.4. The number of rotatable bonds is 5. The third-order valence-electron chi connectivity index (χ3n) is 3.95. The van der Waals surface area contributed by atoms with Gasteiger partial charge in [-0.2, -0.15) is 5.26 Å². The Bertz CT molecular complexity index is 749. The zero-order valence-corrected chi connectivity index (χ0v) is 15.2. The molecule has 6 nitrogen and oxygen atoms in total. The van der Waals surface area contributed by atoms with Crippen LogP contribution in [0.15, 0.2) is 12.3 Å². The number of carbonyl (C=O) groups excluding carboxylic acids is 2. The maximum Gasteiger partial charge on any atom is 0.268 e. The summed E-state index contributed by atoms with van der Waals surface area (Å²) in [6, 6.07) is 1.91. The normalized spacial score (nSPS) is 18.7. The van der Waals surface area contributed by atoms with Crippen molar-refractivity contribution in [3.63, 3.8) is 0 Å². The number of nitriles is 1. The average Bonchev–Trinajstić information content (AvgIpc) is 2.89. The van der Waals surface area contributed by atoms with E-state index in [9.17, 15) is 18.4 Å². The number of nitrogens with zero attached hydrogens (tertiary/aromatic N) is 3. The zero-order valence-electron chi connectivity index (χ0n) is 14.4. The van der Waals surface area contributed by atoms with Crippen molar-refractivity contribution in [2.24, 2.45) is 5.92 Å². The SMILES string of the molecule is CC(C)Cc1nccc(C(=O)NCC(=O)N2CC(F)(F)C[C@H]2C#N)c1Cl. The van der Waals surface area contributed by atoms with E-state index in [2.05, 4.69) is 10.3 Å². The van der Waals surface area contributed by atoms with Crippen molar-refractivity contribution >= 4 is 23.4 Å². The van der Waals surface area contributed by atoms with Gasteiger partial charge in [0.05, 0.1) is 35.4 Å². The molecule has 1 atom stereocenters. The van der Waals surface area contributed by atoms with E-state index in [1.165, 1.54) is 12.3 Å². The summed E-state index contributed by atoms with van der Waals surface area (Å²) in [7, 11) is 0. The lowest BCUT2D eigenvalue weighted by Gasteiger charge is -2.19. The van der Waals surface area contributed by atoms with Crippen molar-refractivity contribution in [3.8, 4) is 6.07 Å². The molecular formula is C17H19ClF2N4O2. The van der Waals surface area contributed by atoms with Crippen molar-refractivity contribution in [2.45, 2.75) is 38.7 Å². The van der Waals surface area contributed by atoms with Crippen LogP contribution in [0.25, 0.3) is 0 Å². The molecule has 2 heterocycles. The quantitative estimate of drug-likeness (QED) is 0.844. The Labute approximate surface area is 155 Å². The molecule has 2 amide bonds. The Morgan fingerprint density at radius 2 is 2.23 bits per heavy atom. The molecule has 140 valence electrons. The summed E-state index contributed by atoms with van der Waals surface area (Å²) >= 11 is 6.21. The first kappa shape index (κ1) is 20.0. The Morgan fingerprint density at radius 1 is 1.54 bits per heavy atom. The summed E-state index contributed by atoms with van der Waals surface area (Å²) in [5, 5.41) is 11.5. The van der Waals surface area contributed by atoms with Gasteiger partial charge in [-0.25, -0.2) is 8.78 Å². The van der Waals surface area contributed by atoms with E-state index in [1.807, 2.05) is 13.8 Å². The van der Waals surface area contributed by atoms with Crippen LogP contribution in [0.1, 0.15) is 36.3 Å². The predicted octanol–water partition coefficient (Wildman–Crippen LogP) is 2.42. The molecule has 1 saturated heterocycles. The number of likely N-dealkylation sites (tertiary alicyclic amines) is 1. The fraction of sp³-hybridized carbons (Fsp3) is 0.529. The molecule has 1 aliphatic heterocycles. The molecule has 0 radical (unpaired) electrons. The highest BCUT2D eigenvalue weighted by Gasteiger charge is 2.47. The van der Waals surface area contributed by atoms with E-state index in [0.29, 0.717) is 18.0 Å². The second-order valence-corrected chi connectivity index (χ2v) is 7.00. The number of amides is 2. The van der Waals surface area contributed by atoms with E-state index in [0.717, 1.165) is 4.90 Å². The number of hydrogen-bond acceptors (Lipinski definition) is 4. The molecule has 9 heteroatoms. The van der Waals surface area contributed by atoms with Gasteiger partial charge in [-0.1, -0.05) is 25.4 Å². The van der Waals surface area contributed by atoms with E-state index in [1.54, 1.807) is 6.07 Å². The van der Waals surface area contributed by atoms with E-state index in [4.69, 9.17) is 16.9 Å². The topological polar surface area (TPSA) is 86.1 Å². The summed E-state index contributed by atoms with van der Waals surface area (Å²) in [4.78, 5) is 29.4. The van der Waals surface area contributed by atoms with Crippen LogP contribution in [-0.4, -0.2) is 46.8 Å². The smallest absolute Gasteiger partial charge is 0.268 e. The first-order valence-corrected chi connectivity index (χ1v) is 8.51. The number of nitrogens with one attached hydrogen (secondary N) is 1. The second kappa shape index (κ2) is 7.96. The lowest BCUT2D eigenvalue weighted by Crippen LogP contribution is -2.43. The van der Waals surface area contributed by atoms with Crippen LogP contribution in [0.5, 0.6) is 0 Å². The molecule has 2 rings (SSSR count). The standard InChI is InChI=1S/C17H19ClF2N4O2/c1-10(2)5-13-15(18)12(3-4-22-13)16(26)23-8-14(25)24-9-17(19,20)6-11(24)7-21/h3-4,10-11H,5-6,8-9H2,1-2H3,(H,23,26)/t11-/m0/s1. The molecule has 1 N–H and O–H groups in total. The number of carbonyl (C=O) groups is 2. The van der Waals surface area contributed by atoms with Crippen LogP contribution in [0, 0.1) is 17.2 Å². The van der Waals surface area contributed by atoms with Gasteiger partial charge in [-0.05, 0) is 18.4 Å². The highest BCUT2D eigenvalue weighted by Crippen LogP contribution is 2.31. The molecule has 1 aromatic heterocycles. The largest absolute Gasteiger partial charge is 0.343 e. The molecule has 0 bridgehead atoms. The van der Waals surface area contributed by atoms with Gasteiger partial charge in [0, 0.05) is 12.6 Å². The van der Waals surface area contributed by atoms with Crippen LogP contribution < -0.4 is 5.32 Å². The number of alkyl halides is 2. The van der Waals surface area contributed by atoms with Gasteiger partial charge < -0.3 is 10.2 Å². The Kier molecular flexibility index (Phi) is 6.13. The monoisotopic (exact) mass is 384 g/mol. The van der Waals surface area contributed by atoms with Crippen LogP contribution >= 0.6 is 11.6 Å². The molecule has 0 saturated carbocycles. The molecule has 26 heavy (non-hydrogen) atoms. The van der Waals surface area contributed by atoms with Crippen LogP contribution in [-0.2, 0) is 11.2 Å². The molecule has 1 aromatic rings. The summed E-state index contributed by atoms with van der Waals surface area (Å²) in [5.74, 6) is -4.15. The summed E-state index contributed by atoms with van der Waals surface area (Å²) in [6.45, 7) is 2.65. The first-order chi connectivity index (χ1) is 12.1. The number of aromatic nitrogens is 1. The number of halogens is 3. The van der Waals surface area contributed by atoms with Crippen molar-refractivity contribution < 1.29 is 18.4 Å². The highest BCUT2D eigenvalue weighted by atomic mass is 35.5. The molecule has 0 spiro atoms. The van der Waals surface area contributed by atoms with Gasteiger partial charge in [0.2, 0.25) is 5.91 Å². The lowest BCUT2D eigenvalue weighted by atomic mass is 10.1. The molecule has 0 aliphatic carbocycles. The predicted molar refractivity (Wildman–Crippen MR) is 90.8 cm³/mol. The van der Waals surface area contributed by atoms with Crippen LogP contribution in [0.2, 0.25) is 5.02 Å².